The molecule has 1 aromatic rings. The van der Waals surface area contributed by atoms with Crippen molar-refractivity contribution in [1.29, 1.82) is 0 Å². The number of hydrogen-bond donors (Lipinski definition) is 1. The lowest BCUT2D eigenvalue weighted by molar-refractivity contribution is 0.190. The van der Waals surface area contributed by atoms with E-state index in [0.717, 1.165) is 43.7 Å². The molecular weight excluding hydrogens is 264 g/mol. The zero-order chi connectivity index (χ0) is 13.5. The molecule has 5 nitrogen and oxygen atoms in total. The number of fused-ring (bicyclic) bond motifs is 1. The quantitative estimate of drug-likeness (QED) is 0.873. The zero-order valence-electron chi connectivity index (χ0n) is 11.0. The lowest BCUT2D eigenvalue weighted by atomic mass is 10.0. The van der Waals surface area contributed by atoms with Crippen LogP contribution < -0.4 is 0 Å². The van der Waals surface area contributed by atoms with E-state index in [1.165, 1.54) is 0 Å². The van der Waals surface area contributed by atoms with Crippen LogP contribution >= 0.6 is 0 Å². The van der Waals surface area contributed by atoms with Crippen LogP contribution in [0.3, 0.4) is 0 Å². The third-order valence-corrected chi connectivity index (χ3v) is 6.06. The molecule has 2 unspecified atom stereocenters. The number of sulfone groups is 1. The molecule has 1 fully saturated rings. The Morgan fingerprint density at radius 2 is 2.21 bits per heavy atom. The highest BCUT2D eigenvalue weighted by Crippen LogP contribution is 2.24. The highest BCUT2D eigenvalue weighted by Gasteiger charge is 2.29. The Balaban J connectivity index is 1.69. The predicted molar refractivity (Wildman–Crippen MR) is 71.6 cm³/mol. The molecule has 0 radical (unpaired) electrons. The highest BCUT2D eigenvalue weighted by molar-refractivity contribution is 7.91. The summed E-state index contributed by atoms with van der Waals surface area (Å²) in [7, 11) is -2.80. The summed E-state index contributed by atoms with van der Waals surface area (Å²) in [6.45, 7) is 1.07. The van der Waals surface area contributed by atoms with Crippen molar-refractivity contribution in [3.8, 4) is 0 Å². The molecule has 2 atom stereocenters. The van der Waals surface area contributed by atoms with Crippen molar-refractivity contribution in [2.75, 3.05) is 18.1 Å². The molecule has 0 bridgehead atoms. The molecule has 6 heteroatoms. The first-order valence-corrected chi connectivity index (χ1v) is 8.74. The second-order valence-electron chi connectivity index (χ2n) is 5.86. The lowest BCUT2D eigenvalue weighted by Crippen LogP contribution is -2.22. The Kier molecular flexibility index (Phi) is 3.39. The van der Waals surface area contributed by atoms with Gasteiger partial charge in [0.1, 0.15) is 5.82 Å². The van der Waals surface area contributed by atoms with Gasteiger partial charge in [0.25, 0.3) is 0 Å². The minimum atomic E-state index is -2.80. The third-order valence-electron chi connectivity index (χ3n) is 4.22. The van der Waals surface area contributed by atoms with E-state index in [9.17, 15) is 13.5 Å². The topological polar surface area (TPSA) is 72.2 Å². The van der Waals surface area contributed by atoms with Gasteiger partial charge in [-0.25, -0.2) is 13.4 Å². The molecule has 106 valence electrons. The van der Waals surface area contributed by atoms with E-state index >= 15 is 0 Å². The first-order chi connectivity index (χ1) is 9.05. The van der Waals surface area contributed by atoms with Crippen LogP contribution in [0.5, 0.6) is 0 Å². The van der Waals surface area contributed by atoms with E-state index in [2.05, 4.69) is 9.55 Å². The van der Waals surface area contributed by atoms with Crippen molar-refractivity contribution in [2.24, 2.45) is 11.8 Å². The van der Waals surface area contributed by atoms with Gasteiger partial charge >= 0.3 is 0 Å². The van der Waals surface area contributed by atoms with Crippen LogP contribution in [0, 0.1) is 11.8 Å². The first-order valence-electron chi connectivity index (χ1n) is 6.92. The molecule has 0 saturated carbocycles. The fourth-order valence-electron chi connectivity index (χ4n) is 3.15. The van der Waals surface area contributed by atoms with Gasteiger partial charge in [-0.05, 0) is 25.2 Å². The Labute approximate surface area is 113 Å². The molecule has 1 aromatic heterocycles. The normalized spacial score (nSPS) is 29.3. The number of aliphatic hydroxyl groups excluding tert-OH is 1. The number of nitrogens with zero attached hydrogens (tertiary/aromatic N) is 2. The molecule has 0 aliphatic carbocycles. The van der Waals surface area contributed by atoms with Gasteiger partial charge in [0.2, 0.25) is 0 Å². The number of rotatable bonds is 3. The molecule has 0 amide bonds. The smallest absolute Gasteiger partial charge is 0.150 e. The van der Waals surface area contributed by atoms with Crippen LogP contribution in [0.25, 0.3) is 0 Å². The standard InChI is InChI=1S/C13H20N2O3S/c16-8-11-1-2-13-14-12(7-15(13)6-11)5-10-3-4-19(17,18)9-10/h7,10-11,16H,1-6,8-9H2. The average molecular weight is 284 g/mol. The molecule has 1 saturated heterocycles. The van der Waals surface area contributed by atoms with E-state index in [0.29, 0.717) is 17.4 Å². The van der Waals surface area contributed by atoms with E-state index in [-0.39, 0.29) is 12.5 Å². The second kappa shape index (κ2) is 4.90. The molecule has 19 heavy (non-hydrogen) atoms. The minimum absolute atomic E-state index is 0.230. The van der Waals surface area contributed by atoms with Crippen LogP contribution in [-0.4, -0.2) is 41.2 Å². The Hall–Kier alpha value is -0.880. The summed E-state index contributed by atoms with van der Waals surface area (Å²) in [5, 5.41) is 9.21. The summed E-state index contributed by atoms with van der Waals surface area (Å²) < 4.78 is 25.0. The summed E-state index contributed by atoms with van der Waals surface area (Å²) in [5.41, 5.74) is 1.01. The van der Waals surface area contributed by atoms with Crippen molar-refractivity contribution >= 4 is 9.84 Å². The zero-order valence-corrected chi connectivity index (χ0v) is 11.8. The Bertz CT molecular complexity index is 564. The van der Waals surface area contributed by atoms with Gasteiger partial charge in [0.05, 0.1) is 17.2 Å². The van der Waals surface area contributed by atoms with Crippen LogP contribution in [0.15, 0.2) is 6.20 Å². The van der Waals surface area contributed by atoms with Crippen LogP contribution in [0.1, 0.15) is 24.4 Å². The number of hydrogen-bond acceptors (Lipinski definition) is 4. The minimum Gasteiger partial charge on any atom is -0.396 e. The van der Waals surface area contributed by atoms with Gasteiger partial charge in [-0.15, -0.1) is 0 Å². The monoisotopic (exact) mass is 284 g/mol. The van der Waals surface area contributed by atoms with E-state index in [4.69, 9.17) is 0 Å². The fourth-order valence-corrected chi connectivity index (χ4v) is 5.01. The number of aliphatic hydroxyl groups is 1. The summed E-state index contributed by atoms with van der Waals surface area (Å²) >= 11 is 0. The van der Waals surface area contributed by atoms with Crippen LogP contribution in [0.2, 0.25) is 0 Å². The molecule has 3 heterocycles. The van der Waals surface area contributed by atoms with E-state index < -0.39 is 9.84 Å². The number of aromatic nitrogens is 2. The summed E-state index contributed by atoms with van der Waals surface area (Å²) in [4.78, 5) is 4.62. The van der Waals surface area contributed by atoms with Crippen molar-refractivity contribution in [2.45, 2.75) is 32.2 Å². The lowest BCUT2D eigenvalue weighted by Gasteiger charge is -2.21. The van der Waals surface area contributed by atoms with Gasteiger partial charge in [0.15, 0.2) is 9.84 Å². The molecular formula is C13H20N2O3S. The van der Waals surface area contributed by atoms with Crippen LogP contribution in [0.4, 0.5) is 0 Å². The SMILES string of the molecule is O=S1(=O)CCC(Cc2cn3c(n2)CCC(CO)C3)C1. The summed E-state index contributed by atoms with van der Waals surface area (Å²) in [5.74, 6) is 2.30. The maximum absolute atomic E-state index is 11.5. The van der Waals surface area contributed by atoms with Crippen LogP contribution in [-0.2, 0) is 29.2 Å². The van der Waals surface area contributed by atoms with Crippen molar-refractivity contribution in [1.82, 2.24) is 9.55 Å². The van der Waals surface area contributed by atoms with Crippen molar-refractivity contribution in [3.63, 3.8) is 0 Å². The van der Waals surface area contributed by atoms with Gasteiger partial charge in [-0.3, -0.25) is 0 Å². The van der Waals surface area contributed by atoms with Gasteiger partial charge in [-0.2, -0.15) is 0 Å². The maximum atomic E-state index is 11.5. The third kappa shape index (κ3) is 2.84. The molecule has 2 aliphatic heterocycles. The molecule has 1 N–H and O–H groups in total. The largest absolute Gasteiger partial charge is 0.396 e. The molecule has 3 rings (SSSR count). The Morgan fingerprint density at radius 1 is 1.37 bits per heavy atom. The van der Waals surface area contributed by atoms with Gasteiger partial charge in [-0.1, -0.05) is 0 Å². The molecule has 0 spiro atoms. The van der Waals surface area contributed by atoms with Crippen molar-refractivity contribution in [3.05, 3.63) is 17.7 Å². The molecule has 0 aromatic carbocycles. The maximum Gasteiger partial charge on any atom is 0.150 e. The van der Waals surface area contributed by atoms with Crippen molar-refractivity contribution < 1.29 is 13.5 Å². The molecule has 2 aliphatic rings. The number of aryl methyl sites for hydroxylation is 1. The predicted octanol–water partition coefficient (Wildman–Crippen LogP) is 0.415. The Morgan fingerprint density at radius 3 is 2.89 bits per heavy atom. The van der Waals surface area contributed by atoms with E-state index in [1.807, 2.05) is 6.20 Å². The fraction of sp³-hybridized carbons (Fsp3) is 0.769. The average Bonchev–Trinajstić information content (AvgIpc) is 2.91. The summed E-state index contributed by atoms with van der Waals surface area (Å²) in [6, 6.07) is 0. The highest BCUT2D eigenvalue weighted by atomic mass is 32.2. The van der Waals surface area contributed by atoms with Gasteiger partial charge < -0.3 is 9.67 Å². The first kappa shape index (κ1) is 13.1. The van der Waals surface area contributed by atoms with E-state index in [1.54, 1.807) is 0 Å². The second-order valence-corrected chi connectivity index (χ2v) is 8.09. The summed E-state index contributed by atoms with van der Waals surface area (Å²) in [6.07, 6.45) is 5.48. The van der Waals surface area contributed by atoms with Gasteiger partial charge in [0, 0.05) is 31.7 Å². The number of imidazole rings is 1.